The number of hydrogen-bond acceptors (Lipinski definition) is 3. The van der Waals surface area contributed by atoms with Gasteiger partial charge in [-0.1, -0.05) is 13.3 Å². The standard InChI is InChI=1S/C12H15FO3/c1-3-4-7-16-12(14)9-5-6-10(13)11(8-9)15-2/h5-6,8H,3-4,7H2,1-2H3. The minimum absolute atomic E-state index is 0.0462. The van der Waals surface area contributed by atoms with Crippen molar-refractivity contribution in [2.75, 3.05) is 13.7 Å². The second kappa shape index (κ2) is 6.10. The Balaban J connectivity index is 2.68. The van der Waals surface area contributed by atoms with Gasteiger partial charge in [0.1, 0.15) is 0 Å². The normalized spacial score (nSPS) is 9.94. The van der Waals surface area contributed by atoms with Gasteiger partial charge in [-0.25, -0.2) is 9.18 Å². The number of benzene rings is 1. The number of unbranched alkanes of at least 4 members (excludes halogenated alkanes) is 1. The quantitative estimate of drug-likeness (QED) is 0.572. The van der Waals surface area contributed by atoms with Gasteiger partial charge in [0.25, 0.3) is 0 Å². The molecule has 0 unspecified atom stereocenters. The maximum Gasteiger partial charge on any atom is 0.338 e. The lowest BCUT2D eigenvalue weighted by molar-refractivity contribution is 0.0499. The van der Waals surface area contributed by atoms with E-state index in [4.69, 9.17) is 9.47 Å². The Kier molecular flexibility index (Phi) is 4.76. The molecule has 0 aliphatic rings. The molecule has 0 bridgehead atoms. The number of rotatable bonds is 5. The third-order valence-corrected chi connectivity index (χ3v) is 2.12. The van der Waals surface area contributed by atoms with Crippen molar-refractivity contribution in [1.82, 2.24) is 0 Å². The van der Waals surface area contributed by atoms with Crippen LogP contribution in [0.5, 0.6) is 5.75 Å². The number of carbonyl (C=O) groups is 1. The summed E-state index contributed by atoms with van der Waals surface area (Å²) in [6, 6.07) is 3.91. The van der Waals surface area contributed by atoms with Gasteiger partial charge in [0, 0.05) is 0 Å². The van der Waals surface area contributed by atoms with Gasteiger partial charge in [-0.15, -0.1) is 0 Å². The smallest absolute Gasteiger partial charge is 0.338 e. The second-order valence-electron chi connectivity index (χ2n) is 3.34. The van der Waals surface area contributed by atoms with Crippen LogP contribution >= 0.6 is 0 Å². The fourth-order valence-corrected chi connectivity index (χ4v) is 1.18. The van der Waals surface area contributed by atoms with Crippen LogP contribution in [0.25, 0.3) is 0 Å². The van der Waals surface area contributed by atoms with Crippen LogP contribution in [0.1, 0.15) is 30.1 Å². The monoisotopic (exact) mass is 226 g/mol. The first-order chi connectivity index (χ1) is 7.69. The van der Waals surface area contributed by atoms with Crippen LogP contribution in [-0.4, -0.2) is 19.7 Å². The largest absolute Gasteiger partial charge is 0.494 e. The molecular formula is C12H15FO3. The zero-order chi connectivity index (χ0) is 12.0. The summed E-state index contributed by atoms with van der Waals surface area (Å²) < 4.78 is 22.8. The maximum atomic E-state index is 13.1. The summed E-state index contributed by atoms with van der Waals surface area (Å²) in [5.74, 6) is -0.899. The van der Waals surface area contributed by atoms with E-state index in [1.165, 1.54) is 25.3 Å². The van der Waals surface area contributed by atoms with E-state index < -0.39 is 11.8 Å². The van der Waals surface area contributed by atoms with Gasteiger partial charge < -0.3 is 9.47 Å². The summed E-state index contributed by atoms with van der Waals surface area (Å²) in [6.45, 7) is 2.39. The molecule has 0 amide bonds. The van der Waals surface area contributed by atoms with Gasteiger partial charge in [0.2, 0.25) is 0 Å². The molecule has 0 aliphatic heterocycles. The lowest BCUT2D eigenvalue weighted by Gasteiger charge is -2.06. The van der Waals surface area contributed by atoms with Crippen LogP contribution in [0, 0.1) is 5.82 Å². The van der Waals surface area contributed by atoms with Gasteiger partial charge in [-0.3, -0.25) is 0 Å². The number of hydrogen-bond donors (Lipinski definition) is 0. The fourth-order valence-electron chi connectivity index (χ4n) is 1.18. The van der Waals surface area contributed by atoms with Crippen LogP contribution in [0.15, 0.2) is 18.2 Å². The molecule has 0 heterocycles. The first-order valence-electron chi connectivity index (χ1n) is 5.19. The number of methoxy groups -OCH3 is 1. The lowest BCUT2D eigenvalue weighted by atomic mass is 10.2. The van der Waals surface area contributed by atoms with E-state index >= 15 is 0 Å². The highest BCUT2D eigenvalue weighted by atomic mass is 19.1. The highest BCUT2D eigenvalue weighted by Gasteiger charge is 2.10. The molecule has 1 aromatic rings. The average molecular weight is 226 g/mol. The summed E-state index contributed by atoms with van der Waals surface area (Å²) >= 11 is 0. The van der Waals surface area contributed by atoms with Crippen molar-refractivity contribution in [2.24, 2.45) is 0 Å². The van der Waals surface area contributed by atoms with E-state index in [9.17, 15) is 9.18 Å². The first-order valence-corrected chi connectivity index (χ1v) is 5.19. The maximum absolute atomic E-state index is 13.1. The number of carbonyl (C=O) groups excluding carboxylic acids is 1. The van der Waals surface area contributed by atoms with Gasteiger partial charge in [-0.2, -0.15) is 0 Å². The molecular weight excluding hydrogens is 211 g/mol. The van der Waals surface area contributed by atoms with Gasteiger partial charge >= 0.3 is 5.97 Å². The molecule has 0 fully saturated rings. The van der Waals surface area contributed by atoms with E-state index in [0.29, 0.717) is 12.2 Å². The van der Waals surface area contributed by atoms with E-state index in [0.717, 1.165) is 12.8 Å². The molecule has 0 radical (unpaired) electrons. The van der Waals surface area contributed by atoms with Gasteiger partial charge in [0.05, 0.1) is 19.3 Å². The average Bonchev–Trinajstić information content (AvgIpc) is 2.30. The van der Waals surface area contributed by atoms with E-state index in [-0.39, 0.29) is 5.75 Å². The van der Waals surface area contributed by atoms with Crippen molar-refractivity contribution in [3.05, 3.63) is 29.6 Å². The highest BCUT2D eigenvalue weighted by Crippen LogP contribution is 2.18. The molecule has 88 valence electrons. The van der Waals surface area contributed by atoms with Crippen LogP contribution in [0.4, 0.5) is 4.39 Å². The third-order valence-electron chi connectivity index (χ3n) is 2.12. The van der Waals surface area contributed by atoms with Crippen LogP contribution in [0.3, 0.4) is 0 Å². The molecule has 0 aromatic heterocycles. The van der Waals surface area contributed by atoms with E-state index in [1.807, 2.05) is 6.92 Å². The molecule has 1 aromatic carbocycles. The third kappa shape index (κ3) is 3.22. The SMILES string of the molecule is CCCCOC(=O)c1ccc(F)c(OC)c1. The van der Waals surface area contributed by atoms with Crippen LogP contribution < -0.4 is 4.74 Å². The summed E-state index contributed by atoms with van der Waals surface area (Å²) in [4.78, 5) is 11.5. The van der Waals surface area contributed by atoms with E-state index in [2.05, 4.69) is 0 Å². The van der Waals surface area contributed by atoms with Crippen LogP contribution in [0.2, 0.25) is 0 Å². The molecule has 0 saturated heterocycles. The number of halogens is 1. The summed E-state index contributed by atoms with van der Waals surface area (Å²) in [5, 5.41) is 0. The Hall–Kier alpha value is -1.58. The van der Waals surface area contributed by atoms with Gasteiger partial charge in [0.15, 0.2) is 11.6 Å². The molecule has 0 aliphatic carbocycles. The molecule has 0 atom stereocenters. The van der Waals surface area contributed by atoms with Gasteiger partial charge in [-0.05, 0) is 24.6 Å². The zero-order valence-electron chi connectivity index (χ0n) is 9.46. The van der Waals surface area contributed by atoms with Crippen molar-refractivity contribution in [1.29, 1.82) is 0 Å². The Labute approximate surface area is 94.2 Å². The van der Waals surface area contributed by atoms with Crippen molar-refractivity contribution in [2.45, 2.75) is 19.8 Å². The van der Waals surface area contributed by atoms with Crippen molar-refractivity contribution >= 4 is 5.97 Å². The van der Waals surface area contributed by atoms with Crippen LogP contribution in [-0.2, 0) is 4.74 Å². The number of esters is 1. The molecule has 4 heteroatoms. The summed E-state index contributed by atoms with van der Waals surface area (Å²) in [6.07, 6.45) is 1.78. The molecule has 16 heavy (non-hydrogen) atoms. The summed E-state index contributed by atoms with van der Waals surface area (Å²) in [7, 11) is 1.35. The predicted molar refractivity (Wildman–Crippen MR) is 58.1 cm³/mol. The Morgan fingerprint density at radius 2 is 2.19 bits per heavy atom. The Morgan fingerprint density at radius 1 is 1.44 bits per heavy atom. The molecule has 0 N–H and O–H groups in total. The minimum atomic E-state index is -0.493. The first kappa shape index (κ1) is 12.5. The summed E-state index contributed by atoms with van der Waals surface area (Å²) in [5.41, 5.74) is 0.300. The minimum Gasteiger partial charge on any atom is -0.494 e. The van der Waals surface area contributed by atoms with E-state index in [1.54, 1.807) is 0 Å². The second-order valence-corrected chi connectivity index (χ2v) is 3.34. The lowest BCUT2D eigenvalue weighted by Crippen LogP contribution is -2.06. The molecule has 3 nitrogen and oxygen atoms in total. The Morgan fingerprint density at radius 3 is 2.81 bits per heavy atom. The fraction of sp³-hybridized carbons (Fsp3) is 0.417. The van der Waals surface area contributed by atoms with Crippen molar-refractivity contribution in [3.63, 3.8) is 0 Å². The number of ether oxygens (including phenoxy) is 2. The van der Waals surface area contributed by atoms with Crippen molar-refractivity contribution < 1.29 is 18.7 Å². The molecule has 1 rings (SSSR count). The predicted octanol–water partition coefficient (Wildman–Crippen LogP) is 2.79. The Bertz CT molecular complexity index is 363. The topological polar surface area (TPSA) is 35.5 Å². The highest BCUT2D eigenvalue weighted by molar-refractivity contribution is 5.89. The molecule has 0 saturated carbocycles. The van der Waals surface area contributed by atoms with Crippen molar-refractivity contribution in [3.8, 4) is 5.75 Å². The zero-order valence-corrected chi connectivity index (χ0v) is 9.46. The molecule has 0 spiro atoms.